The maximum absolute atomic E-state index is 12.5. The number of aliphatic hydroxyl groups excluding tert-OH is 1. The Morgan fingerprint density at radius 2 is 2.32 bits per heavy atom. The van der Waals surface area contributed by atoms with E-state index in [-0.39, 0.29) is 30.9 Å². The average Bonchev–Trinajstić information content (AvgIpc) is 3.21. The average molecular weight is 362 g/mol. The van der Waals surface area contributed by atoms with Gasteiger partial charge in [0.25, 0.3) is 0 Å². The van der Waals surface area contributed by atoms with E-state index in [1.54, 1.807) is 16.7 Å². The van der Waals surface area contributed by atoms with Crippen LogP contribution in [0.5, 0.6) is 0 Å². The van der Waals surface area contributed by atoms with Crippen LogP contribution in [0.2, 0.25) is 0 Å². The molecule has 3 rings (SSSR count). The number of hydrogen-bond acceptors (Lipinski definition) is 5. The highest BCUT2D eigenvalue weighted by molar-refractivity contribution is 7.98. The molecule has 0 saturated carbocycles. The quantitative estimate of drug-likeness (QED) is 0.686. The molecule has 0 radical (unpaired) electrons. The Bertz CT molecular complexity index is 763. The second-order valence-electron chi connectivity index (χ2n) is 6.17. The summed E-state index contributed by atoms with van der Waals surface area (Å²) >= 11 is 1.67. The number of aliphatic hydroxyl groups is 1. The van der Waals surface area contributed by atoms with Crippen molar-refractivity contribution in [3.8, 4) is 0 Å². The molecule has 2 atom stereocenters. The number of H-pyrrole nitrogens is 1. The van der Waals surface area contributed by atoms with Crippen LogP contribution in [0.25, 0.3) is 10.9 Å². The second kappa shape index (κ2) is 7.88. The van der Waals surface area contributed by atoms with Crippen LogP contribution in [0.1, 0.15) is 12.8 Å². The second-order valence-corrected chi connectivity index (χ2v) is 7.15. The molecule has 25 heavy (non-hydrogen) atoms. The van der Waals surface area contributed by atoms with Gasteiger partial charge in [-0.1, -0.05) is 12.1 Å². The summed E-state index contributed by atoms with van der Waals surface area (Å²) in [7, 11) is 0. The zero-order chi connectivity index (χ0) is 17.8. The summed E-state index contributed by atoms with van der Waals surface area (Å²) in [6, 6.07) is 7.32. The molecule has 1 aliphatic heterocycles. The monoisotopic (exact) mass is 362 g/mol. The minimum Gasteiger partial charge on any atom is -0.394 e. The summed E-state index contributed by atoms with van der Waals surface area (Å²) in [5, 5.41) is 20.3. The van der Waals surface area contributed by atoms with E-state index >= 15 is 0 Å². The summed E-state index contributed by atoms with van der Waals surface area (Å²) < 4.78 is 0. The first-order chi connectivity index (χ1) is 12.1. The highest BCUT2D eigenvalue weighted by Crippen LogP contribution is 2.29. The predicted molar refractivity (Wildman–Crippen MR) is 98.6 cm³/mol. The van der Waals surface area contributed by atoms with Gasteiger partial charge in [0.2, 0.25) is 11.8 Å². The number of amides is 2. The molecule has 3 N–H and O–H groups in total. The third kappa shape index (κ3) is 3.80. The summed E-state index contributed by atoms with van der Waals surface area (Å²) in [5.41, 5.74) is 0.857. The van der Waals surface area contributed by atoms with Crippen LogP contribution in [0.3, 0.4) is 0 Å². The number of hydrogen-bond donors (Lipinski definition) is 3. The van der Waals surface area contributed by atoms with Gasteiger partial charge >= 0.3 is 0 Å². The molecule has 1 aliphatic rings. The first-order valence-electron chi connectivity index (χ1n) is 8.27. The third-order valence-corrected chi connectivity index (χ3v) is 5.08. The highest BCUT2D eigenvalue weighted by Gasteiger charge is 2.37. The number of para-hydroxylation sites is 1. The Hall–Kier alpha value is -2.06. The highest BCUT2D eigenvalue weighted by atomic mass is 32.2. The largest absolute Gasteiger partial charge is 0.394 e. The minimum atomic E-state index is -0.425. The molecule has 0 spiro atoms. The number of benzene rings is 1. The number of carbonyl (C=O) groups excluding carboxylic acids is 2. The molecule has 1 aromatic heterocycles. The standard InChI is InChI=1S/C17H22N4O3S/c1-25-7-6-12(10-22)18-17(24)11-8-15(23)21(9-11)16-13-4-2-3-5-14(13)19-20-16/h2-5,11-12,22H,6-10H2,1H3,(H,18,24)(H,19,20)/t11-,12-/m0/s1. The number of fused-ring (bicyclic) bond motifs is 1. The smallest absolute Gasteiger partial charge is 0.229 e. The van der Waals surface area contributed by atoms with Crippen molar-refractivity contribution in [1.82, 2.24) is 15.5 Å². The Kier molecular flexibility index (Phi) is 5.60. The summed E-state index contributed by atoms with van der Waals surface area (Å²) in [5.74, 6) is 0.710. The van der Waals surface area contributed by atoms with Gasteiger partial charge in [0.05, 0.1) is 24.1 Å². The Morgan fingerprint density at radius 1 is 1.52 bits per heavy atom. The fourth-order valence-corrected chi connectivity index (χ4v) is 3.55. The molecular formula is C17H22N4O3S. The van der Waals surface area contributed by atoms with Crippen molar-refractivity contribution in [2.45, 2.75) is 18.9 Å². The van der Waals surface area contributed by atoms with Gasteiger partial charge in [-0.25, -0.2) is 0 Å². The van der Waals surface area contributed by atoms with Crippen LogP contribution in [0.15, 0.2) is 24.3 Å². The van der Waals surface area contributed by atoms with E-state index in [1.807, 2.05) is 30.5 Å². The number of anilines is 1. The number of aromatic amines is 1. The van der Waals surface area contributed by atoms with Crippen molar-refractivity contribution in [3.05, 3.63) is 24.3 Å². The van der Waals surface area contributed by atoms with E-state index in [4.69, 9.17) is 0 Å². The summed E-state index contributed by atoms with van der Waals surface area (Å²) in [4.78, 5) is 26.4. The lowest BCUT2D eigenvalue weighted by atomic mass is 10.1. The predicted octanol–water partition coefficient (Wildman–Crippen LogP) is 1.15. The van der Waals surface area contributed by atoms with E-state index in [0.717, 1.165) is 16.7 Å². The molecule has 1 fully saturated rings. The molecule has 0 aliphatic carbocycles. The van der Waals surface area contributed by atoms with Gasteiger partial charge in [0, 0.05) is 18.4 Å². The number of nitrogens with zero attached hydrogens (tertiary/aromatic N) is 2. The van der Waals surface area contributed by atoms with E-state index in [2.05, 4.69) is 15.5 Å². The van der Waals surface area contributed by atoms with Crippen LogP contribution < -0.4 is 10.2 Å². The normalized spacial score (nSPS) is 18.7. The number of rotatable bonds is 7. The molecule has 2 heterocycles. The fraction of sp³-hybridized carbons (Fsp3) is 0.471. The van der Waals surface area contributed by atoms with Crippen LogP contribution in [0.4, 0.5) is 5.82 Å². The Labute approximate surface area is 150 Å². The molecule has 0 bridgehead atoms. The van der Waals surface area contributed by atoms with Crippen molar-refractivity contribution in [2.24, 2.45) is 5.92 Å². The Balaban J connectivity index is 1.68. The molecule has 0 unspecified atom stereocenters. The molecule has 7 nitrogen and oxygen atoms in total. The summed E-state index contributed by atoms with van der Waals surface area (Å²) in [6.07, 6.45) is 2.85. The lowest BCUT2D eigenvalue weighted by Gasteiger charge is -2.18. The van der Waals surface area contributed by atoms with Crippen LogP contribution >= 0.6 is 11.8 Å². The number of carbonyl (C=O) groups is 2. The van der Waals surface area contributed by atoms with Gasteiger partial charge in [-0.05, 0) is 30.6 Å². The molecule has 1 saturated heterocycles. The zero-order valence-electron chi connectivity index (χ0n) is 14.1. The van der Waals surface area contributed by atoms with E-state index < -0.39 is 5.92 Å². The topological polar surface area (TPSA) is 98.3 Å². The van der Waals surface area contributed by atoms with Gasteiger partial charge in [0.15, 0.2) is 5.82 Å². The third-order valence-electron chi connectivity index (χ3n) is 4.44. The van der Waals surface area contributed by atoms with Gasteiger partial charge in [-0.2, -0.15) is 16.9 Å². The first-order valence-corrected chi connectivity index (χ1v) is 9.67. The number of thioether (sulfide) groups is 1. The lowest BCUT2D eigenvalue weighted by molar-refractivity contribution is -0.127. The molecule has 2 amide bonds. The van der Waals surface area contributed by atoms with Crippen molar-refractivity contribution in [1.29, 1.82) is 0 Å². The number of aromatic nitrogens is 2. The lowest BCUT2D eigenvalue weighted by Crippen LogP contribution is -2.42. The maximum Gasteiger partial charge on any atom is 0.229 e. The van der Waals surface area contributed by atoms with Gasteiger partial charge < -0.3 is 10.4 Å². The van der Waals surface area contributed by atoms with Crippen LogP contribution in [-0.2, 0) is 9.59 Å². The van der Waals surface area contributed by atoms with Gasteiger partial charge in [-0.15, -0.1) is 0 Å². The van der Waals surface area contributed by atoms with Crippen molar-refractivity contribution >= 4 is 40.3 Å². The van der Waals surface area contributed by atoms with Crippen molar-refractivity contribution in [3.63, 3.8) is 0 Å². The van der Waals surface area contributed by atoms with Crippen LogP contribution in [-0.4, -0.2) is 58.3 Å². The van der Waals surface area contributed by atoms with Crippen molar-refractivity contribution in [2.75, 3.05) is 30.1 Å². The molecule has 134 valence electrons. The summed E-state index contributed by atoms with van der Waals surface area (Å²) in [6.45, 7) is 0.209. The van der Waals surface area contributed by atoms with Gasteiger partial charge in [-0.3, -0.25) is 19.6 Å². The van der Waals surface area contributed by atoms with E-state index in [1.165, 1.54) is 0 Å². The van der Waals surface area contributed by atoms with Crippen molar-refractivity contribution < 1.29 is 14.7 Å². The SMILES string of the molecule is CSCC[C@@H](CO)NC(=O)[C@H]1CC(=O)N(c2n[nH]c3ccccc23)C1. The molecular weight excluding hydrogens is 340 g/mol. The first kappa shape index (κ1) is 17.8. The number of nitrogens with one attached hydrogen (secondary N) is 2. The minimum absolute atomic E-state index is 0.0965. The Morgan fingerprint density at radius 3 is 3.08 bits per heavy atom. The van der Waals surface area contributed by atoms with E-state index in [0.29, 0.717) is 18.8 Å². The molecule has 8 heteroatoms. The van der Waals surface area contributed by atoms with Crippen LogP contribution in [0, 0.1) is 5.92 Å². The maximum atomic E-state index is 12.5. The molecule has 1 aromatic carbocycles. The molecule has 2 aromatic rings. The van der Waals surface area contributed by atoms with Gasteiger partial charge in [0.1, 0.15) is 0 Å². The zero-order valence-corrected chi connectivity index (χ0v) is 14.9. The van der Waals surface area contributed by atoms with E-state index in [9.17, 15) is 14.7 Å². The fourth-order valence-electron chi connectivity index (χ4n) is 3.03.